The van der Waals surface area contributed by atoms with Crippen molar-refractivity contribution in [2.45, 2.75) is 65.3 Å². The first kappa shape index (κ1) is 15.5. The molecule has 3 nitrogen and oxygen atoms in total. The minimum Gasteiger partial charge on any atom is -0.393 e. The molecule has 0 unspecified atom stereocenters. The molecule has 120 valence electrons. The van der Waals surface area contributed by atoms with E-state index in [2.05, 4.69) is 27.4 Å². The molecular formula is C18H30O3. The molecule has 1 saturated heterocycles. The molecule has 0 aromatic heterocycles. The summed E-state index contributed by atoms with van der Waals surface area (Å²) in [7, 11) is 0. The molecule has 3 aliphatic rings. The standard InChI is InChI=1S/C18H30O3/c1-12-5-6-14-17(2,3)15(19)7-8-18(14,4)13(12)11-16-20-9-10-21-16/h13-16,19H,1,5-11H2,2-4H3/t13-,14-,15-,18+/m0/s1. The van der Waals surface area contributed by atoms with Crippen molar-refractivity contribution in [2.75, 3.05) is 13.2 Å². The van der Waals surface area contributed by atoms with E-state index in [1.54, 1.807) is 0 Å². The Kier molecular flexibility index (Phi) is 3.96. The van der Waals surface area contributed by atoms with Gasteiger partial charge >= 0.3 is 0 Å². The van der Waals surface area contributed by atoms with Gasteiger partial charge in [0, 0.05) is 6.42 Å². The fraction of sp³-hybridized carbons (Fsp3) is 0.889. The fourth-order valence-electron chi connectivity index (χ4n) is 5.34. The minimum absolute atomic E-state index is 0.0106. The molecule has 4 atom stereocenters. The normalized spacial score (nSPS) is 43.8. The zero-order chi connectivity index (χ0) is 15.3. The van der Waals surface area contributed by atoms with Crippen LogP contribution >= 0.6 is 0 Å². The van der Waals surface area contributed by atoms with E-state index in [4.69, 9.17) is 9.47 Å². The number of allylic oxidation sites excluding steroid dienone is 1. The predicted octanol–water partition coefficient (Wildman–Crippen LogP) is 3.52. The summed E-state index contributed by atoms with van der Waals surface area (Å²) in [5.74, 6) is 0.997. The molecule has 2 aliphatic carbocycles. The molecule has 1 aliphatic heterocycles. The van der Waals surface area contributed by atoms with Gasteiger partial charge in [-0.3, -0.25) is 0 Å². The second-order valence-corrected chi connectivity index (χ2v) is 8.09. The van der Waals surface area contributed by atoms with Crippen molar-refractivity contribution < 1.29 is 14.6 Å². The molecule has 0 radical (unpaired) electrons. The Balaban J connectivity index is 1.86. The van der Waals surface area contributed by atoms with Gasteiger partial charge in [-0.25, -0.2) is 0 Å². The third-order valence-corrected chi connectivity index (χ3v) is 6.67. The summed E-state index contributed by atoms with van der Waals surface area (Å²) < 4.78 is 11.4. The molecule has 1 N–H and O–H groups in total. The zero-order valence-corrected chi connectivity index (χ0v) is 13.7. The monoisotopic (exact) mass is 294 g/mol. The van der Waals surface area contributed by atoms with Gasteiger partial charge in [-0.05, 0) is 48.3 Å². The highest BCUT2D eigenvalue weighted by Crippen LogP contribution is 2.61. The van der Waals surface area contributed by atoms with Crippen LogP contribution in [0.5, 0.6) is 0 Å². The first-order valence-electron chi connectivity index (χ1n) is 8.44. The summed E-state index contributed by atoms with van der Waals surface area (Å²) in [4.78, 5) is 0. The molecule has 0 spiro atoms. The van der Waals surface area contributed by atoms with Crippen LogP contribution in [-0.4, -0.2) is 30.7 Å². The third kappa shape index (κ3) is 2.47. The van der Waals surface area contributed by atoms with Gasteiger partial charge in [-0.15, -0.1) is 0 Å². The minimum atomic E-state index is -0.179. The van der Waals surface area contributed by atoms with E-state index in [0.717, 1.165) is 32.1 Å². The van der Waals surface area contributed by atoms with Crippen LogP contribution in [-0.2, 0) is 9.47 Å². The maximum absolute atomic E-state index is 10.5. The Labute approximate surface area is 128 Å². The smallest absolute Gasteiger partial charge is 0.158 e. The first-order valence-corrected chi connectivity index (χ1v) is 8.44. The van der Waals surface area contributed by atoms with Gasteiger partial charge in [0.25, 0.3) is 0 Å². The molecule has 2 saturated carbocycles. The third-order valence-electron chi connectivity index (χ3n) is 6.67. The number of fused-ring (bicyclic) bond motifs is 1. The summed E-state index contributed by atoms with van der Waals surface area (Å²) in [6.45, 7) is 12.7. The van der Waals surface area contributed by atoms with Gasteiger partial charge in [-0.1, -0.05) is 32.9 Å². The number of rotatable bonds is 2. The van der Waals surface area contributed by atoms with Crippen LogP contribution in [0.25, 0.3) is 0 Å². The van der Waals surface area contributed by atoms with Crippen LogP contribution in [0.4, 0.5) is 0 Å². The Hall–Kier alpha value is -0.380. The van der Waals surface area contributed by atoms with E-state index in [9.17, 15) is 5.11 Å². The lowest BCUT2D eigenvalue weighted by Gasteiger charge is -2.59. The van der Waals surface area contributed by atoms with Crippen LogP contribution in [0.3, 0.4) is 0 Å². The molecule has 1 heterocycles. The molecule has 0 aromatic rings. The van der Waals surface area contributed by atoms with Gasteiger partial charge in [0.1, 0.15) is 0 Å². The van der Waals surface area contributed by atoms with Crippen molar-refractivity contribution in [3.63, 3.8) is 0 Å². The van der Waals surface area contributed by atoms with Gasteiger partial charge in [0.05, 0.1) is 19.3 Å². The quantitative estimate of drug-likeness (QED) is 0.792. The Morgan fingerprint density at radius 1 is 1.19 bits per heavy atom. The summed E-state index contributed by atoms with van der Waals surface area (Å²) in [5, 5.41) is 10.5. The lowest BCUT2D eigenvalue weighted by Crippen LogP contribution is -2.55. The zero-order valence-electron chi connectivity index (χ0n) is 13.7. The number of hydrogen-bond donors (Lipinski definition) is 1. The van der Waals surface area contributed by atoms with Crippen molar-refractivity contribution in [3.8, 4) is 0 Å². The van der Waals surface area contributed by atoms with Gasteiger partial charge in [0.15, 0.2) is 6.29 Å². The highest BCUT2D eigenvalue weighted by atomic mass is 16.7. The Bertz CT molecular complexity index is 411. The van der Waals surface area contributed by atoms with Crippen LogP contribution in [0.1, 0.15) is 52.9 Å². The molecule has 3 rings (SSSR count). The predicted molar refractivity (Wildman–Crippen MR) is 82.8 cm³/mol. The van der Waals surface area contributed by atoms with Crippen molar-refractivity contribution in [1.82, 2.24) is 0 Å². The molecule has 0 bridgehead atoms. The van der Waals surface area contributed by atoms with E-state index in [1.165, 1.54) is 5.57 Å². The lowest BCUT2D eigenvalue weighted by atomic mass is 9.46. The van der Waals surface area contributed by atoms with Gasteiger partial charge in [-0.2, -0.15) is 0 Å². The van der Waals surface area contributed by atoms with Crippen LogP contribution in [0, 0.1) is 22.7 Å². The lowest BCUT2D eigenvalue weighted by molar-refractivity contribution is -0.141. The first-order chi connectivity index (χ1) is 9.85. The number of aliphatic hydroxyl groups is 1. The van der Waals surface area contributed by atoms with Crippen molar-refractivity contribution in [1.29, 1.82) is 0 Å². The maximum atomic E-state index is 10.5. The Morgan fingerprint density at radius 2 is 1.86 bits per heavy atom. The van der Waals surface area contributed by atoms with Crippen LogP contribution < -0.4 is 0 Å². The molecular weight excluding hydrogens is 264 g/mol. The Morgan fingerprint density at radius 3 is 2.52 bits per heavy atom. The maximum Gasteiger partial charge on any atom is 0.158 e. The highest BCUT2D eigenvalue weighted by molar-refractivity contribution is 5.17. The van der Waals surface area contributed by atoms with E-state index in [1.807, 2.05) is 0 Å². The largest absolute Gasteiger partial charge is 0.393 e. The number of hydrogen-bond acceptors (Lipinski definition) is 3. The topological polar surface area (TPSA) is 38.7 Å². The number of ether oxygens (including phenoxy) is 2. The van der Waals surface area contributed by atoms with Gasteiger partial charge < -0.3 is 14.6 Å². The number of aliphatic hydroxyl groups excluding tert-OH is 1. The molecule has 21 heavy (non-hydrogen) atoms. The highest BCUT2D eigenvalue weighted by Gasteiger charge is 2.56. The van der Waals surface area contributed by atoms with Crippen LogP contribution in [0.15, 0.2) is 12.2 Å². The molecule has 3 heteroatoms. The van der Waals surface area contributed by atoms with E-state index in [0.29, 0.717) is 25.0 Å². The van der Waals surface area contributed by atoms with Crippen molar-refractivity contribution >= 4 is 0 Å². The van der Waals surface area contributed by atoms with E-state index >= 15 is 0 Å². The van der Waals surface area contributed by atoms with Gasteiger partial charge in [0.2, 0.25) is 0 Å². The second kappa shape index (κ2) is 5.36. The summed E-state index contributed by atoms with van der Waals surface area (Å²) in [6.07, 6.45) is 4.90. The average Bonchev–Trinajstić information content (AvgIpc) is 2.92. The van der Waals surface area contributed by atoms with Crippen molar-refractivity contribution in [2.24, 2.45) is 22.7 Å². The fourth-order valence-corrected chi connectivity index (χ4v) is 5.34. The SMILES string of the molecule is C=C1CC[C@H]2C(C)(C)[C@@H](O)CC[C@]2(C)[C@H]1CC1OCCO1. The molecule has 0 amide bonds. The second-order valence-electron chi connectivity index (χ2n) is 8.09. The molecule has 0 aromatic carbocycles. The summed E-state index contributed by atoms with van der Waals surface area (Å²) >= 11 is 0. The summed E-state index contributed by atoms with van der Waals surface area (Å²) in [5.41, 5.74) is 1.57. The average molecular weight is 294 g/mol. The van der Waals surface area contributed by atoms with E-state index < -0.39 is 0 Å². The summed E-state index contributed by atoms with van der Waals surface area (Å²) in [6, 6.07) is 0. The van der Waals surface area contributed by atoms with E-state index in [-0.39, 0.29) is 23.2 Å². The molecule has 3 fully saturated rings. The van der Waals surface area contributed by atoms with Crippen molar-refractivity contribution in [3.05, 3.63) is 12.2 Å². The van der Waals surface area contributed by atoms with Crippen LogP contribution in [0.2, 0.25) is 0 Å².